The summed E-state index contributed by atoms with van der Waals surface area (Å²) in [4.78, 5) is 39.8. The molecule has 0 bridgehead atoms. The largest absolute Gasteiger partial charge is 0.491 e. The van der Waals surface area contributed by atoms with Gasteiger partial charge in [-0.3, -0.25) is 14.2 Å². The van der Waals surface area contributed by atoms with Gasteiger partial charge in [0.05, 0.1) is 48.0 Å². The van der Waals surface area contributed by atoms with Crippen LogP contribution in [0.1, 0.15) is 31.7 Å². The Balaban J connectivity index is 1.31. The molecule has 5 rings (SSSR count). The van der Waals surface area contributed by atoms with Crippen LogP contribution in [-0.4, -0.2) is 56.0 Å². The fourth-order valence-corrected chi connectivity index (χ4v) is 4.59. The Morgan fingerprint density at radius 2 is 1.95 bits per heavy atom. The summed E-state index contributed by atoms with van der Waals surface area (Å²) >= 11 is 0. The summed E-state index contributed by atoms with van der Waals surface area (Å²) in [7, 11) is 1.51. The average Bonchev–Trinajstić information content (AvgIpc) is 2.88. The van der Waals surface area contributed by atoms with Crippen molar-refractivity contribution in [1.82, 2.24) is 29.7 Å². The second-order valence-corrected chi connectivity index (χ2v) is 9.69. The minimum Gasteiger partial charge on any atom is -0.491 e. The van der Waals surface area contributed by atoms with Gasteiger partial charge in [-0.15, -0.1) is 0 Å². The maximum atomic E-state index is 15.2. The highest BCUT2D eigenvalue weighted by Crippen LogP contribution is 2.33. The van der Waals surface area contributed by atoms with Crippen molar-refractivity contribution in [3.05, 3.63) is 62.9 Å². The molecule has 1 saturated heterocycles. The third-order valence-electron chi connectivity index (χ3n) is 6.84. The number of methoxy groups -OCH3 is 1. The van der Waals surface area contributed by atoms with E-state index in [1.165, 1.54) is 30.3 Å². The first-order chi connectivity index (χ1) is 19.6. The van der Waals surface area contributed by atoms with E-state index in [0.29, 0.717) is 24.4 Å². The summed E-state index contributed by atoms with van der Waals surface area (Å²) in [6, 6.07) is 2.06. The molecule has 41 heavy (non-hydrogen) atoms. The zero-order valence-corrected chi connectivity index (χ0v) is 22.1. The molecular formula is C26H26F4N8O3. The van der Waals surface area contributed by atoms with E-state index in [2.05, 4.69) is 25.4 Å². The van der Waals surface area contributed by atoms with Crippen molar-refractivity contribution < 1.29 is 22.3 Å². The Kier molecular flexibility index (Phi) is 7.60. The zero-order chi connectivity index (χ0) is 29.3. The Bertz CT molecular complexity index is 1700. The number of halogens is 4. The van der Waals surface area contributed by atoms with Crippen LogP contribution < -0.4 is 26.1 Å². The van der Waals surface area contributed by atoms with Gasteiger partial charge in [-0.1, -0.05) is 0 Å². The minimum atomic E-state index is -4.85. The van der Waals surface area contributed by atoms with Crippen molar-refractivity contribution in [2.45, 2.75) is 44.9 Å². The number of aromatic nitrogens is 6. The predicted molar refractivity (Wildman–Crippen MR) is 143 cm³/mol. The van der Waals surface area contributed by atoms with Crippen LogP contribution in [0, 0.1) is 5.82 Å². The standard InChI is InChI=1S/C26H26F4N8O3/c1-14(34-19-11-33-36-24(39)21(19)26(28,29)30)5-3-6-38-13-32-18-10-15(17(27)9-16(18)25(38)40)22-31-12-20(41-2)23(35-22)37-7-4-8-37/h9-14H,3-8H2,1-2H3,(H2,34,36,39)/t14-/m0/s1. The normalized spacial score (nSPS) is 14.1. The van der Waals surface area contributed by atoms with E-state index in [1.54, 1.807) is 12.0 Å². The first-order valence-corrected chi connectivity index (χ1v) is 12.8. The van der Waals surface area contributed by atoms with E-state index in [-0.39, 0.29) is 28.8 Å². The highest BCUT2D eigenvalue weighted by Gasteiger charge is 2.37. The number of aromatic amines is 1. The van der Waals surface area contributed by atoms with E-state index >= 15 is 4.39 Å². The van der Waals surface area contributed by atoms with Gasteiger partial charge in [0.15, 0.2) is 17.4 Å². The summed E-state index contributed by atoms with van der Waals surface area (Å²) in [6.07, 6.45) is 0.639. The maximum absolute atomic E-state index is 15.2. The smallest absolute Gasteiger partial charge is 0.423 e. The molecule has 216 valence electrons. The van der Waals surface area contributed by atoms with Crippen LogP contribution in [0.4, 0.5) is 29.1 Å². The van der Waals surface area contributed by atoms with Crippen molar-refractivity contribution in [3.8, 4) is 17.1 Å². The number of nitrogens with one attached hydrogen (secondary N) is 2. The summed E-state index contributed by atoms with van der Waals surface area (Å²) < 4.78 is 61.7. The molecule has 0 spiro atoms. The second-order valence-electron chi connectivity index (χ2n) is 9.69. The maximum Gasteiger partial charge on any atom is 0.423 e. The van der Waals surface area contributed by atoms with Crippen LogP contribution in [0.15, 0.2) is 40.4 Å². The van der Waals surface area contributed by atoms with Crippen LogP contribution in [0.2, 0.25) is 0 Å². The van der Waals surface area contributed by atoms with Gasteiger partial charge in [-0.2, -0.15) is 18.3 Å². The van der Waals surface area contributed by atoms with Crippen molar-refractivity contribution >= 4 is 22.4 Å². The summed E-state index contributed by atoms with van der Waals surface area (Å²) in [6.45, 7) is 3.45. The third-order valence-corrected chi connectivity index (χ3v) is 6.84. The lowest BCUT2D eigenvalue weighted by Crippen LogP contribution is -2.38. The highest BCUT2D eigenvalue weighted by molar-refractivity contribution is 5.82. The van der Waals surface area contributed by atoms with Gasteiger partial charge in [0.25, 0.3) is 11.1 Å². The molecule has 15 heteroatoms. The summed E-state index contributed by atoms with van der Waals surface area (Å²) in [5.74, 6) is 0.512. The van der Waals surface area contributed by atoms with Gasteiger partial charge in [0.1, 0.15) is 11.4 Å². The van der Waals surface area contributed by atoms with Crippen LogP contribution >= 0.6 is 0 Å². The van der Waals surface area contributed by atoms with Gasteiger partial charge in [0, 0.05) is 25.7 Å². The molecule has 1 fully saturated rings. The number of alkyl halides is 3. The molecule has 1 atom stereocenters. The van der Waals surface area contributed by atoms with E-state index in [0.717, 1.165) is 31.8 Å². The van der Waals surface area contributed by atoms with Crippen molar-refractivity contribution in [1.29, 1.82) is 0 Å². The van der Waals surface area contributed by atoms with Crippen LogP contribution in [-0.2, 0) is 12.7 Å². The van der Waals surface area contributed by atoms with Gasteiger partial charge < -0.3 is 15.0 Å². The Hall–Kier alpha value is -4.56. The lowest BCUT2D eigenvalue weighted by Gasteiger charge is -2.32. The number of rotatable bonds is 9. The zero-order valence-electron chi connectivity index (χ0n) is 22.1. The number of H-pyrrole nitrogens is 1. The molecule has 4 aromatic rings. The molecule has 2 N–H and O–H groups in total. The SMILES string of the molecule is COc1cnc(-c2cc3ncn(CCC[C@H](C)Nc4cn[nH]c(=O)c4C(F)(F)F)c(=O)c3cc2F)nc1N1CCC1. The highest BCUT2D eigenvalue weighted by atomic mass is 19.4. The molecule has 11 nitrogen and oxygen atoms in total. The Labute approximate surface area is 230 Å². The number of benzene rings is 1. The topological polar surface area (TPSA) is 131 Å². The molecule has 1 aliphatic rings. The second kappa shape index (κ2) is 11.1. The number of fused-ring (bicyclic) bond motifs is 1. The number of ether oxygens (including phenoxy) is 1. The lowest BCUT2D eigenvalue weighted by molar-refractivity contribution is -0.138. The molecule has 0 saturated carbocycles. The molecular weight excluding hydrogens is 548 g/mol. The number of anilines is 2. The first kappa shape index (κ1) is 28.0. The van der Waals surface area contributed by atoms with Crippen molar-refractivity contribution in [2.24, 2.45) is 0 Å². The van der Waals surface area contributed by atoms with Gasteiger partial charge in [-0.05, 0) is 38.3 Å². The predicted octanol–water partition coefficient (Wildman–Crippen LogP) is 3.59. The fourth-order valence-electron chi connectivity index (χ4n) is 4.59. The monoisotopic (exact) mass is 574 g/mol. The molecule has 0 amide bonds. The first-order valence-electron chi connectivity index (χ1n) is 12.8. The van der Waals surface area contributed by atoms with Crippen LogP contribution in [0.5, 0.6) is 5.75 Å². The summed E-state index contributed by atoms with van der Waals surface area (Å²) in [5.41, 5.74) is -3.22. The number of hydrogen-bond acceptors (Lipinski definition) is 9. The molecule has 0 unspecified atom stereocenters. The van der Waals surface area contributed by atoms with Crippen LogP contribution in [0.3, 0.4) is 0 Å². The molecule has 4 heterocycles. The van der Waals surface area contributed by atoms with E-state index < -0.39 is 40.4 Å². The molecule has 0 aliphatic carbocycles. The quantitative estimate of drug-likeness (QED) is 0.288. The molecule has 1 aliphatic heterocycles. The average molecular weight is 575 g/mol. The number of nitrogens with zero attached hydrogens (tertiary/aromatic N) is 6. The number of hydrogen-bond donors (Lipinski definition) is 2. The van der Waals surface area contributed by atoms with Crippen molar-refractivity contribution in [3.63, 3.8) is 0 Å². The Morgan fingerprint density at radius 3 is 2.63 bits per heavy atom. The van der Waals surface area contributed by atoms with Gasteiger partial charge in [0.2, 0.25) is 0 Å². The Morgan fingerprint density at radius 1 is 1.17 bits per heavy atom. The molecule has 1 aromatic carbocycles. The van der Waals surface area contributed by atoms with E-state index in [9.17, 15) is 22.8 Å². The van der Waals surface area contributed by atoms with Gasteiger partial charge >= 0.3 is 6.18 Å². The molecule has 0 radical (unpaired) electrons. The van der Waals surface area contributed by atoms with Crippen LogP contribution in [0.25, 0.3) is 22.3 Å². The lowest BCUT2D eigenvalue weighted by atomic mass is 10.1. The summed E-state index contributed by atoms with van der Waals surface area (Å²) in [5, 5.41) is 7.96. The molecule has 3 aromatic heterocycles. The number of aryl methyl sites for hydroxylation is 1. The van der Waals surface area contributed by atoms with E-state index in [4.69, 9.17) is 4.74 Å². The fraction of sp³-hybridized carbons (Fsp3) is 0.385. The third kappa shape index (κ3) is 5.69. The minimum absolute atomic E-state index is 0.0702. The van der Waals surface area contributed by atoms with Gasteiger partial charge in [-0.25, -0.2) is 24.4 Å². The van der Waals surface area contributed by atoms with Crippen molar-refractivity contribution in [2.75, 3.05) is 30.4 Å². The van der Waals surface area contributed by atoms with E-state index in [1.807, 2.05) is 4.90 Å².